The van der Waals surface area contributed by atoms with Gasteiger partial charge in [0.1, 0.15) is 0 Å². The van der Waals surface area contributed by atoms with E-state index in [1.807, 2.05) is 48.6 Å². The molecule has 13 heavy (non-hydrogen) atoms. The quantitative estimate of drug-likeness (QED) is 0.519. The molecule has 0 nitrogen and oxygen atoms in total. The highest BCUT2D eigenvalue weighted by Crippen LogP contribution is 1.90. The Balaban J connectivity index is 2.62. The molecule has 0 aromatic rings. The lowest BCUT2D eigenvalue weighted by molar-refractivity contribution is 1.39. The second-order valence-corrected chi connectivity index (χ2v) is 2.63. The first kappa shape index (κ1) is 9.53. The molecule has 0 bridgehead atoms. The van der Waals surface area contributed by atoms with Gasteiger partial charge in [0.25, 0.3) is 0 Å². The molecule has 0 fully saturated rings. The smallest absolute Gasteiger partial charge is 0.0163 e. The van der Waals surface area contributed by atoms with Gasteiger partial charge in [-0.1, -0.05) is 72.9 Å². The highest BCUT2D eigenvalue weighted by Gasteiger charge is 1.69. The van der Waals surface area contributed by atoms with Gasteiger partial charge >= 0.3 is 0 Å². The van der Waals surface area contributed by atoms with Gasteiger partial charge in [0, 0.05) is 0 Å². The summed E-state index contributed by atoms with van der Waals surface area (Å²) in [5.74, 6) is 0. The van der Waals surface area contributed by atoms with Crippen LogP contribution in [0.4, 0.5) is 0 Å². The van der Waals surface area contributed by atoms with Crippen LogP contribution in [0.15, 0.2) is 72.9 Å². The summed E-state index contributed by atoms with van der Waals surface area (Å²) in [7, 11) is 0. The Morgan fingerprint density at radius 1 is 0.385 bits per heavy atom. The summed E-state index contributed by atoms with van der Waals surface area (Å²) in [5, 5.41) is 0. The zero-order chi connectivity index (χ0) is 9.19. The Kier molecular flexibility index (Phi) is 5.21. The molecule has 0 saturated heterocycles. The average molecular weight is 170 g/mol. The van der Waals surface area contributed by atoms with Crippen LogP contribution in [0.5, 0.6) is 0 Å². The number of allylic oxidation sites excluding steroid dienone is 12. The topological polar surface area (TPSA) is 0 Å². The molecule has 1 aliphatic carbocycles. The van der Waals surface area contributed by atoms with Gasteiger partial charge in [-0.25, -0.2) is 0 Å². The van der Waals surface area contributed by atoms with Crippen LogP contribution in [0.3, 0.4) is 0 Å². The second kappa shape index (κ2) is 7.11. The summed E-state index contributed by atoms with van der Waals surface area (Å²) in [6, 6.07) is 0. The van der Waals surface area contributed by atoms with E-state index in [4.69, 9.17) is 0 Å². The van der Waals surface area contributed by atoms with Gasteiger partial charge in [0.05, 0.1) is 0 Å². The Morgan fingerprint density at radius 2 is 0.692 bits per heavy atom. The zero-order valence-corrected chi connectivity index (χ0v) is 7.64. The lowest BCUT2D eigenvalue weighted by atomic mass is 10.3. The molecule has 0 atom stereocenters. The third kappa shape index (κ3) is 5.68. The van der Waals surface area contributed by atoms with Crippen molar-refractivity contribution in [2.24, 2.45) is 0 Å². The van der Waals surface area contributed by atoms with E-state index >= 15 is 0 Å². The normalized spacial score (nSPS) is 16.6. The number of hydrogen-bond donors (Lipinski definition) is 0. The largest absolute Gasteiger partial charge is 0.0807 e. The Hall–Kier alpha value is -1.56. The maximum absolute atomic E-state index is 2.12. The van der Waals surface area contributed by atoms with E-state index in [0.29, 0.717) is 0 Å². The first-order valence-corrected chi connectivity index (χ1v) is 4.48. The molecule has 0 aromatic carbocycles. The van der Waals surface area contributed by atoms with Crippen molar-refractivity contribution in [2.75, 3.05) is 0 Å². The molecule has 0 unspecified atom stereocenters. The fraction of sp³-hybridized carbons (Fsp3) is 0.0769. The van der Waals surface area contributed by atoms with Crippen LogP contribution in [0.1, 0.15) is 6.42 Å². The lowest BCUT2D eigenvalue weighted by Gasteiger charge is -1.77. The van der Waals surface area contributed by atoms with Crippen molar-refractivity contribution in [3.63, 3.8) is 0 Å². The monoisotopic (exact) mass is 170 g/mol. The van der Waals surface area contributed by atoms with E-state index in [0.717, 1.165) is 6.42 Å². The second-order valence-electron chi connectivity index (χ2n) is 2.63. The van der Waals surface area contributed by atoms with Gasteiger partial charge < -0.3 is 0 Å². The van der Waals surface area contributed by atoms with E-state index in [1.165, 1.54) is 0 Å². The molecule has 1 aliphatic rings. The molecule has 0 radical (unpaired) electrons. The summed E-state index contributed by atoms with van der Waals surface area (Å²) < 4.78 is 0. The van der Waals surface area contributed by atoms with E-state index in [2.05, 4.69) is 24.3 Å². The van der Waals surface area contributed by atoms with Crippen molar-refractivity contribution in [1.29, 1.82) is 0 Å². The van der Waals surface area contributed by atoms with Crippen LogP contribution in [0.2, 0.25) is 0 Å². The molecular formula is C13H14. The fourth-order valence-electron chi connectivity index (χ4n) is 0.906. The van der Waals surface area contributed by atoms with E-state index in [9.17, 15) is 0 Å². The first-order valence-electron chi connectivity index (χ1n) is 4.48. The van der Waals surface area contributed by atoms with Crippen LogP contribution in [-0.2, 0) is 0 Å². The lowest BCUT2D eigenvalue weighted by Crippen LogP contribution is -1.56. The third-order valence-corrected chi connectivity index (χ3v) is 1.54. The van der Waals surface area contributed by atoms with E-state index < -0.39 is 0 Å². The minimum absolute atomic E-state index is 0.988. The molecule has 0 saturated carbocycles. The molecule has 0 aromatic heterocycles. The predicted octanol–water partition coefficient (Wildman–Crippen LogP) is 3.73. The maximum atomic E-state index is 2.12. The summed E-state index contributed by atoms with van der Waals surface area (Å²) in [4.78, 5) is 0. The van der Waals surface area contributed by atoms with Crippen molar-refractivity contribution < 1.29 is 0 Å². The highest BCUT2D eigenvalue weighted by atomic mass is 13.8. The average Bonchev–Trinajstić information content (AvgIpc) is 2.18. The van der Waals surface area contributed by atoms with Gasteiger partial charge in [-0.3, -0.25) is 0 Å². The SMILES string of the molecule is C1=CC=CC=CCC=CC=CC=C1. The molecular weight excluding hydrogens is 156 g/mol. The van der Waals surface area contributed by atoms with Gasteiger partial charge in [0.2, 0.25) is 0 Å². The Morgan fingerprint density at radius 3 is 1.08 bits per heavy atom. The minimum Gasteiger partial charge on any atom is -0.0807 e. The number of hydrogen-bond acceptors (Lipinski definition) is 0. The number of rotatable bonds is 0. The van der Waals surface area contributed by atoms with Crippen LogP contribution in [0.25, 0.3) is 0 Å². The molecule has 0 heteroatoms. The van der Waals surface area contributed by atoms with Crippen LogP contribution < -0.4 is 0 Å². The molecule has 66 valence electrons. The molecule has 0 heterocycles. The molecule has 0 aliphatic heterocycles. The van der Waals surface area contributed by atoms with Crippen molar-refractivity contribution in [2.45, 2.75) is 6.42 Å². The third-order valence-electron chi connectivity index (χ3n) is 1.54. The first-order chi connectivity index (χ1) is 6.50. The van der Waals surface area contributed by atoms with Crippen molar-refractivity contribution >= 4 is 0 Å². The summed E-state index contributed by atoms with van der Waals surface area (Å²) >= 11 is 0. The fourth-order valence-corrected chi connectivity index (χ4v) is 0.906. The molecule has 0 N–H and O–H groups in total. The molecule has 0 spiro atoms. The summed E-state index contributed by atoms with van der Waals surface area (Å²) in [6.07, 6.45) is 25.5. The van der Waals surface area contributed by atoms with E-state index in [1.54, 1.807) is 0 Å². The van der Waals surface area contributed by atoms with Crippen molar-refractivity contribution in [3.8, 4) is 0 Å². The van der Waals surface area contributed by atoms with Gasteiger partial charge in [-0.2, -0.15) is 0 Å². The van der Waals surface area contributed by atoms with Gasteiger partial charge in [-0.15, -0.1) is 0 Å². The van der Waals surface area contributed by atoms with E-state index in [-0.39, 0.29) is 0 Å². The summed E-state index contributed by atoms with van der Waals surface area (Å²) in [6.45, 7) is 0. The van der Waals surface area contributed by atoms with Crippen LogP contribution in [0, 0.1) is 0 Å². The standard InChI is InChI=1S/C13H14/c1-2-4-6-8-10-12-13-11-9-7-5-3-1/h1-12H,13H2. The van der Waals surface area contributed by atoms with Crippen LogP contribution in [-0.4, -0.2) is 0 Å². The maximum Gasteiger partial charge on any atom is -0.0163 e. The van der Waals surface area contributed by atoms with Crippen molar-refractivity contribution in [1.82, 2.24) is 0 Å². The zero-order valence-electron chi connectivity index (χ0n) is 7.64. The van der Waals surface area contributed by atoms with Crippen molar-refractivity contribution in [3.05, 3.63) is 72.9 Å². The molecule has 1 rings (SSSR count). The predicted molar refractivity (Wildman–Crippen MR) is 59.5 cm³/mol. The van der Waals surface area contributed by atoms with Crippen LogP contribution >= 0.6 is 0 Å². The highest BCUT2D eigenvalue weighted by molar-refractivity contribution is 5.20. The van der Waals surface area contributed by atoms with Gasteiger partial charge in [-0.05, 0) is 6.42 Å². The summed E-state index contributed by atoms with van der Waals surface area (Å²) in [5.41, 5.74) is 0. The minimum atomic E-state index is 0.988. The Labute approximate surface area is 80.0 Å². The molecule has 0 amide bonds. The Bertz CT molecular complexity index is 253. The van der Waals surface area contributed by atoms with Gasteiger partial charge in [0.15, 0.2) is 0 Å².